The Morgan fingerprint density at radius 2 is 2.00 bits per heavy atom. The third kappa shape index (κ3) is 4.39. The number of carbonyl (C=O) groups is 2. The van der Waals surface area contributed by atoms with Gasteiger partial charge in [0.15, 0.2) is 0 Å². The molecule has 1 aromatic carbocycles. The molecule has 3 N–H and O–H groups in total. The maximum absolute atomic E-state index is 12.3. The number of amides is 3. The summed E-state index contributed by atoms with van der Waals surface area (Å²) in [6, 6.07) is 5.69. The molecule has 8 heteroatoms. The third-order valence-corrected chi connectivity index (χ3v) is 6.35. The van der Waals surface area contributed by atoms with Crippen LogP contribution in [0, 0.1) is 0 Å². The number of nitrogens with zero attached hydrogens (tertiary/aromatic N) is 1. The molecule has 0 radical (unpaired) electrons. The largest absolute Gasteiger partial charge is 0.487 e. The van der Waals surface area contributed by atoms with E-state index >= 15 is 0 Å². The van der Waals surface area contributed by atoms with E-state index in [1.54, 1.807) is 19.0 Å². The van der Waals surface area contributed by atoms with Crippen LogP contribution >= 0.6 is 0 Å². The van der Waals surface area contributed by atoms with Crippen LogP contribution in [0.3, 0.4) is 0 Å². The van der Waals surface area contributed by atoms with Crippen molar-refractivity contribution >= 4 is 17.6 Å². The van der Waals surface area contributed by atoms with Gasteiger partial charge in [0.2, 0.25) is 5.91 Å². The average molecular weight is 418 g/mol. The van der Waals surface area contributed by atoms with Crippen LogP contribution in [0.25, 0.3) is 0 Å². The first-order valence-electron chi connectivity index (χ1n) is 10.8. The maximum atomic E-state index is 12.3. The molecule has 164 valence electrons. The SMILES string of the molecule is CN(C)C(=O)C[C@H]1C[C@@H]2c3cc(NC(=O)NC4CCCC4)ccc3O[C@@H]2[C@H](CO)O1. The van der Waals surface area contributed by atoms with Gasteiger partial charge >= 0.3 is 6.03 Å². The number of aliphatic hydroxyl groups is 1. The van der Waals surface area contributed by atoms with E-state index in [1.165, 1.54) is 0 Å². The lowest BCUT2D eigenvalue weighted by Crippen LogP contribution is -2.47. The predicted octanol–water partition coefficient (Wildman–Crippen LogP) is 2.22. The number of ether oxygens (including phenoxy) is 2. The number of rotatable bonds is 5. The molecule has 1 saturated heterocycles. The van der Waals surface area contributed by atoms with Gasteiger partial charge in [0.05, 0.1) is 19.1 Å². The van der Waals surface area contributed by atoms with Gasteiger partial charge in [-0.25, -0.2) is 4.79 Å². The molecule has 0 bridgehead atoms. The van der Waals surface area contributed by atoms with E-state index in [-0.39, 0.29) is 49.1 Å². The number of anilines is 1. The zero-order chi connectivity index (χ0) is 21.3. The van der Waals surface area contributed by atoms with E-state index in [4.69, 9.17) is 9.47 Å². The summed E-state index contributed by atoms with van der Waals surface area (Å²) in [7, 11) is 3.44. The Bertz CT molecular complexity index is 793. The first-order valence-corrected chi connectivity index (χ1v) is 10.8. The van der Waals surface area contributed by atoms with Gasteiger partial charge in [0.1, 0.15) is 18.0 Å². The highest BCUT2D eigenvalue weighted by atomic mass is 16.6. The number of fused-ring (bicyclic) bond motifs is 3. The second kappa shape index (κ2) is 8.81. The fourth-order valence-electron chi connectivity index (χ4n) is 4.77. The molecule has 0 unspecified atom stereocenters. The van der Waals surface area contributed by atoms with Gasteiger partial charge in [-0.1, -0.05) is 12.8 Å². The molecule has 0 spiro atoms. The summed E-state index contributed by atoms with van der Waals surface area (Å²) in [5, 5.41) is 15.8. The van der Waals surface area contributed by atoms with Crippen molar-refractivity contribution in [2.75, 3.05) is 26.0 Å². The summed E-state index contributed by atoms with van der Waals surface area (Å²) in [5.41, 5.74) is 1.70. The lowest BCUT2D eigenvalue weighted by atomic mass is 9.84. The average Bonchev–Trinajstić information content (AvgIpc) is 3.34. The molecular weight excluding hydrogens is 386 g/mol. The van der Waals surface area contributed by atoms with Crippen molar-refractivity contribution in [3.8, 4) is 5.75 Å². The summed E-state index contributed by atoms with van der Waals surface area (Å²) in [5.74, 6) is 0.743. The lowest BCUT2D eigenvalue weighted by molar-refractivity contribution is -0.147. The van der Waals surface area contributed by atoms with E-state index in [0.717, 1.165) is 37.0 Å². The minimum Gasteiger partial charge on any atom is -0.487 e. The van der Waals surface area contributed by atoms with E-state index in [0.29, 0.717) is 12.1 Å². The fraction of sp³-hybridized carbons (Fsp3) is 0.636. The van der Waals surface area contributed by atoms with Crippen molar-refractivity contribution in [2.24, 2.45) is 0 Å². The van der Waals surface area contributed by atoms with E-state index < -0.39 is 6.10 Å². The van der Waals surface area contributed by atoms with Gasteiger partial charge in [-0.05, 0) is 37.5 Å². The van der Waals surface area contributed by atoms with Crippen LogP contribution in [0.15, 0.2) is 18.2 Å². The summed E-state index contributed by atoms with van der Waals surface area (Å²) in [6.07, 6.45) is 4.22. The van der Waals surface area contributed by atoms with Crippen molar-refractivity contribution in [2.45, 2.75) is 68.8 Å². The molecule has 4 atom stereocenters. The predicted molar refractivity (Wildman–Crippen MR) is 112 cm³/mol. The van der Waals surface area contributed by atoms with Gasteiger partial charge in [0.25, 0.3) is 0 Å². The summed E-state index contributed by atoms with van der Waals surface area (Å²) < 4.78 is 12.0. The van der Waals surface area contributed by atoms with Gasteiger partial charge in [-0.15, -0.1) is 0 Å². The lowest BCUT2D eigenvalue weighted by Gasteiger charge is -2.37. The molecule has 1 saturated carbocycles. The van der Waals surface area contributed by atoms with Crippen LogP contribution in [0.4, 0.5) is 10.5 Å². The van der Waals surface area contributed by atoms with Crippen molar-refractivity contribution in [1.82, 2.24) is 10.2 Å². The Morgan fingerprint density at radius 3 is 2.70 bits per heavy atom. The Kier molecular flexibility index (Phi) is 6.15. The van der Waals surface area contributed by atoms with Crippen LogP contribution in [0.2, 0.25) is 0 Å². The van der Waals surface area contributed by atoms with Crippen LogP contribution in [0.1, 0.15) is 50.0 Å². The van der Waals surface area contributed by atoms with Gasteiger partial charge in [0, 0.05) is 37.3 Å². The Hall–Kier alpha value is -2.32. The second-order valence-corrected chi connectivity index (χ2v) is 8.73. The number of hydrogen-bond donors (Lipinski definition) is 3. The van der Waals surface area contributed by atoms with Crippen molar-refractivity contribution < 1.29 is 24.2 Å². The minimum absolute atomic E-state index is 0.00510. The molecule has 2 heterocycles. The van der Waals surface area contributed by atoms with Crippen molar-refractivity contribution in [3.05, 3.63) is 23.8 Å². The van der Waals surface area contributed by atoms with E-state index in [1.807, 2.05) is 18.2 Å². The molecule has 1 aliphatic carbocycles. The number of benzene rings is 1. The van der Waals surface area contributed by atoms with Crippen molar-refractivity contribution in [3.63, 3.8) is 0 Å². The standard InChI is InChI=1S/C22H31N3O5/c1-25(2)20(27)11-15-10-17-16-9-14(24-22(28)23-13-5-3-4-6-13)7-8-18(16)30-21(17)19(12-26)29-15/h7-9,13,15,17,19,21,26H,3-6,10-12H2,1-2H3,(H2,23,24,28)/t15-,17-,19+,21+/m1/s1. The topological polar surface area (TPSA) is 100 Å². The fourth-order valence-corrected chi connectivity index (χ4v) is 4.77. The maximum Gasteiger partial charge on any atom is 0.319 e. The minimum atomic E-state index is -0.488. The molecule has 0 aromatic heterocycles. The van der Waals surface area contributed by atoms with Gasteiger partial charge < -0.3 is 30.1 Å². The molecule has 4 rings (SSSR count). The number of hydrogen-bond acceptors (Lipinski definition) is 5. The molecule has 2 aliphatic heterocycles. The quantitative estimate of drug-likeness (QED) is 0.682. The van der Waals surface area contributed by atoms with Crippen LogP contribution in [-0.2, 0) is 9.53 Å². The van der Waals surface area contributed by atoms with E-state index in [9.17, 15) is 14.7 Å². The van der Waals surface area contributed by atoms with Crippen molar-refractivity contribution in [1.29, 1.82) is 0 Å². The molecule has 3 amide bonds. The molecule has 3 aliphatic rings. The number of carbonyl (C=O) groups excluding carboxylic acids is 2. The second-order valence-electron chi connectivity index (χ2n) is 8.73. The Morgan fingerprint density at radius 1 is 1.23 bits per heavy atom. The molecular formula is C22H31N3O5. The van der Waals surface area contributed by atoms with Crippen LogP contribution in [-0.4, -0.2) is 67.0 Å². The normalized spacial score (nSPS) is 27.7. The molecule has 2 fully saturated rings. The van der Waals surface area contributed by atoms with Gasteiger partial charge in [-0.3, -0.25) is 4.79 Å². The first-order chi connectivity index (χ1) is 14.4. The third-order valence-electron chi connectivity index (χ3n) is 6.35. The number of nitrogens with one attached hydrogen (secondary N) is 2. The van der Waals surface area contributed by atoms with Crippen LogP contribution < -0.4 is 15.4 Å². The zero-order valence-corrected chi connectivity index (χ0v) is 17.6. The first kappa shape index (κ1) is 20.9. The summed E-state index contributed by atoms with van der Waals surface area (Å²) in [4.78, 5) is 26.0. The Balaban J connectivity index is 1.47. The van der Waals surface area contributed by atoms with Crippen LogP contribution in [0.5, 0.6) is 5.75 Å². The summed E-state index contributed by atoms with van der Waals surface area (Å²) in [6.45, 7) is -0.170. The van der Waals surface area contributed by atoms with E-state index in [2.05, 4.69) is 10.6 Å². The summed E-state index contributed by atoms with van der Waals surface area (Å²) >= 11 is 0. The number of urea groups is 1. The Labute approximate surface area is 176 Å². The highest BCUT2D eigenvalue weighted by Crippen LogP contribution is 2.47. The molecule has 8 nitrogen and oxygen atoms in total. The highest BCUT2D eigenvalue weighted by molar-refractivity contribution is 5.89. The molecule has 30 heavy (non-hydrogen) atoms. The highest BCUT2D eigenvalue weighted by Gasteiger charge is 2.46. The number of aliphatic hydroxyl groups excluding tert-OH is 1. The monoisotopic (exact) mass is 417 g/mol. The molecule has 1 aromatic rings. The zero-order valence-electron chi connectivity index (χ0n) is 17.6. The smallest absolute Gasteiger partial charge is 0.319 e. The van der Waals surface area contributed by atoms with Gasteiger partial charge in [-0.2, -0.15) is 0 Å².